The summed E-state index contributed by atoms with van der Waals surface area (Å²) in [4.78, 5) is 20.1. The van der Waals surface area contributed by atoms with Gasteiger partial charge in [-0.25, -0.2) is 4.98 Å². The number of ether oxygens (including phenoxy) is 1. The van der Waals surface area contributed by atoms with Crippen molar-refractivity contribution in [3.05, 3.63) is 59.7 Å². The zero-order valence-corrected chi connectivity index (χ0v) is 18.3. The molecule has 2 atom stereocenters. The van der Waals surface area contributed by atoms with Gasteiger partial charge >= 0.3 is 5.97 Å². The standard InChI is InChI=1S/C24H26N2O3S/c1-15-4-8-17(9-5-15)21-22(18-10-6-16(2)7-11-18)26-23(25-21)30-14-19-12-24(3,28)13-20(27)29-19/h4-11,19,28H,12-14H2,1-3H3,(H,25,26)/t19-,24+/m1/s1. The Hall–Kier alpha value is -2.57. The van der Waals surface area contributed by atoms with Crippen LogP contribution in [-0.4, -0.2) is 38.5 Å². The van der Waals surface area contributed by atoms with E-state index in [2.05, 4.69) is 67.4 Å². The van der Waals surface area contributed by atoms with Gasteiger partial charge in [0.1, 0.15) is 6.10 Å². The number of cyclic esters (lactones) is 1. The fraction of sp³-hybridized carbons (Fsp3) is 0.333. The molecule has 6 heteroatoms. The fourth-order valence-corrected chi connectivity index (χ4v) is 4.54. The number of esters is 1. The van der Waals surface area contributed by atoms with Gasteiger partial charge in [-0.05, 0) is 20.8 Å². The molecule has 0 saturated carbocycles. The predicted molar refractivity (Wildman–Crippen MR) is 119 cm³/mol. The molecule has 2 heterocycles. The van der Waals surface area contributed by atoms with Crippen LogP contribution >= 0.6 is 11.8 Å². The fourth-order valence-electron chi connectivity index (χ4n) is 3.68. The number of H-pyrrole nitrogens is 1. The first-order chi connectivity index (χ1) is 14.3. The minimum absolute atomic E-state index is 0.0457. The molecule has 1 saturated heterocycles. The van der Waals surface area contributed by atoms with Crippen LogP contribution in [0.15, 0.2) is 53.7 Å². The Balaban J connectivity index is 1.61. The number of aliphatic hydroxyl groups is 1. The van der Waals surface area contributed by atoms with E-state index >= 15 is 0 Å². The number of hydrogen-bond acceptors (Lipinski definition) is 5. The van der Waals surface area contributed by atoms with E-state index in [9.17, 15) is 9.90 Å². The maximum Gasteiger partial charge on any atom is 0.309 e. The molecule has 1 aromatic heterocycles. The van der Waals surface area contributed by atoms with Crippen molar-refractivity contribution >= 4 is 17.7 Å². The lowest BCUT2D eigenvalue weighted by Crippen LogP contribution is -2.41. The van der Waals surface area contributed by atoms with Crippen molar-refractivity contribution in [3.8, 4) is 22.5 Å². The minimum Gasteiger partial charge on any atom is -0.461 e. The molecule has 0 bridgehead atoms. The van der Waals surface area contributed by atoms with Crippen molar-refractivity contribution in [2.75, 3.05) is 5.75 Å². The normalized spacial score (nSPS) is 21.5. The van der Waals surface area contributed by atoms with E-state index in [1.807, 2.05) is 0 Å². The summed E-state index contributed by atoms with van der Waals surface area (Å²) in [6.45, 7) is 5.82. The topological polar surface area (TPSA) is 75.2 Å². The third-order valence-electron chi connectivity index (χ3n) is 5.24. The average molecular weight is 423 g/mol. The quantitative estimate of drug-likeness (QED) is 0.451. The molecule has 4 rings (SSSR count). The van der Waals surface area contributed by atoms with E-state index in [0.717, 1.165) is 27.7 Å². The molecule has 0 aliphatic carbocycles. The molecule has 3 aromatic rings. The molecule has 30 heavy (non-hydrogen) atoms. The van der Waals surface area contributed by atoms with Gasteiger partial charge in [0.2, 0.25) is 0 Å². The van der Waals surface area contributed by atoms with E-state index < -0.39 is 5.60 Å². The average Bonchev–Trinajstić information content (AvgIpc) is 3.10. The summed E-state index contributed by atoms with van der Waals surface area (Å²) >= 11 is 1.51. The van der Waals surface area contributed by atoms with Crippen LogP contribution in [0, 0.1) is 13.8 Å². The van der Waals surface area contributed by atoms with Gasteiger partial charge in [0, 0.05) is 23.3 Å². The van der Waals surface area contributed by atoms with Crippen LogP contribution in [0.1, 0.15) is 30.9 Å². The molecule has 5 nitrogen and oxygen atoms in total. The van der Waals surface area contributed by atoms with Gasteiger partial charge in [-0.3, -0.25) is 4.79 Å². The second-order valence-corrected chi connectivity index (χ2v) is 9.31. The summed E-state index contributed by atoms with van der Waals surface area (Å²) < 4.78 is 5.41. The van der Waals surface area contributed by atoms with Crippen molar-refractivity contribution in [1.29, 1.82) is 0 Å². The van der Waals surface area contributed by atoms with E-state index in [1.165, 1.54) is 22.9 Å². The molecule has 1 aliphatic heterocycles. The minimum atomic E-state index is -1.01. The summed E-state index contributed by atoms with van der Waals surface area (Å²) in [5.74, 6) is 0.188. The SMILES string of the molecule is Cc1ccc(-c2nc(SC[C@H]3C[C@](C)(O)CC(=O)O3)[nH]c2-c2ccc(C)cc2)cc1. The molecular weight excluding hydrogens is 396 g/mol. The molecule has 156 valence electrons. The number of carbonyl (C=O) groups excluding carboxylic acids is 1. The van der Waals surface area contributed by atoms with Crippen molar-refractivity contribution in [2.45, 2.75) is 50.5 Å². The number of nitrogens with one attached hydrogen (secondary N) is 1. The van der Waals surface area contributed by atoms with Gasteiger partial charge in [-0.15, -0.1) is 0 Å². The highest BCUT2D eigenvalue weighted by molar-refractivity contribution is 7.99. The molecule has 1 aliphatic rings. The van der Waals surface area contributed by atoms with Gasteiger partial charge in [0.25, 0.3) is 0 Å². The van der Waals surface area contributed by atoms with E-state index in [-0.39, 0.29) is 18.5 Å². The first kappa shape index (κ1) is 20.7. The molecular formula is C24H26N2O3S. The maximum atomic E-state index is 11.8. The Bertz CT molecular complexity index is 976. The maximum absolute atomic E-state index is 11.8. The summed E-state index contributed by atoms with van der Waals surface area (Å²) in [5.41, 5.74) is 5.38. The summed E-state index contributed by atoms with van der Waals surface area (Å²) in [7, 11) is 0. The zero-order valence-electron chi connectivity index (χ0n) is 17.4. The van der Waals surface area contributed by atoms with Gasteiger partial charge in [0.05, 0.1) is 23.4 Å². The number of aryl methyl sites for hydroxylation is 2. The molecule has 2 aromatic carbocycles. The van der Waals surface area contributed by atoms with Crippen LogP contribution in [0.25, 0.3) is 22.5 Å². The molecule has 0 unspecified atom stereocenters. The highest BCUT2D eigenvalue weighted by Gasteiger charge is 2.36. The molecule has 0 amide bonds. The Morgan fingerprint density at radius 1 is 1.10 bits per heavy atom. The summed E-state index contributed by atoms with van der Waals surface area (Å²) in [6.07, 6.45) is 0.147. The number of nitrogens with zero attached hydrogens (tertiary/aromatic N) is 1. The van der Waals surface area contributed by atoms with Crippen LogP contribution in [0.4, 0.5) is 0 Å². The van der Waals surface area contributed by atoms with Crippen molar-refractivity contribution < 1.29 is 14.6 Å². The Morgan fingerprint density at radius 3 is 2.30 bits per heavy atom. The first-order valence-electron chi connectivity index (χ1n) is 10.1. The van der Waals surface area contributed by atoms with Crippen LogP contribution in [0.3, 0.4) is 0 Å². The third kappa shape index (κ3) is 4.77. The second-order valence-electron chi connectivity index (χ2n) is 8.30. The van der Waals surface area contributed by atoms with Gasteiger partial charge in [-0.1, -0.05) is 71.4 Å². The predicted octanol–water partition coefficient (Wildman–Crippen LogP) is 4.91. The number of hydrogen-bond donors (Lipinski definition) is 2. The Labute approximate surface area is 180 Å². The smallest absolute Gasteiger partial charge is 0.309 e. The number of imidazole rings is 1. The van der Waals surface area contributed by atoms with Crippen LogP contribution in [-0.2, 0) is 9.53 Å². The lowest BCUT2D eigenvalue weighted by molar-refractivity contribution is -0.165. The highest BCUT2D eigenvalue weighted by atomic mass is 32.2. The Kier molecular flexibility index (Phi) is 5.71. The number of benzene rings is 2. The number of carbonyl (C=O) groups is 1. The van der Waals surface area contributed by atoms with Crippen molar-refractivity contribution in [3.63, 3.8) is 0 Å². The monoisotopic (exact) mass is 422 g/mol. The summed E-state index contributed by atoms with van der Waals surface area (Å²) in [5, 5.41) is 11.0. The number of aromatic nitrogens is 2. The first-order valence-corrected chi connectivity index (χ1v) is 11.1. The van der Waals surface area contributed by atoms with Gasteiger partial charge < -0.3 is 14.8 Å². The van der Waals surface area contributed by atoms with Crippen LogP contribution in [0.5, 0.6) is 0 Å². The molecule has 1 fully saturated rings. The molecule has 2 N–H and O–H groups in total. The Morgan fingerprint density at radius 2 is 1.70 bits per heavy atom. The van der Waals surface area contributed by atoms with Gasteiger partial charge in [0.15, 0.2) is 5.16 Å². The van der Waals surface area contributed by atoms with Crippen LogP contribution < -0.4 is 0 Å². The number of thioether (sulfide) groups is 1. The van der Waals surface area contributed by atoms with Crippen molar-refractivity contribution in [1.82, 2.24) is 9.97 Å². The van der Waals surface area contributed by atoms with E-state index in [1.54, 1.807) is 6.92 Å². The summed E-state index contributed by atoms with van der Waals surface area (Å²) in [6, 6.07) is 16.7. The largest absolute Gasteiger partial charge is 0.461 e. The second kappa shape index (κ2) is 8.28. The van der Waals surface area contributed by atoms with Crippen molar-refractivity contribution in [2.24, 2.45) is 0 Å². The van der Waals surface area contributed by atoms with E-state index in [0.29, 0.717) is 12.2 Å². The molecule has 0 radical (unpaired) electrons. The lowest BCUT2D eigenvalue weighted by Gasteiger charge is -2.32. The third-order valence-corrected chi connectivity index (χ3v) is 6.25. The number of rotatable bonds is 5. The number of aromatic amines is 1. The zero-order chi connectivity index (χ0) is 21.3. The van der Waals surface area contributed by atoms with E-state index in [4.69, 9.17) is 9.72 Å². The van der Waals surface area contributed by atoms with Gasteiger partial charge in [-0.2, -0.15) is 0 Å². The van der Waals surface area contributed by atoms with Crippen LogP contribution in [0.2, 0.25) is 0 Å². The molecule has 0 spiro atoms. The highest BCUT2D eigenvalue weighted by Crippen LogP contribution is 2.34. The lowest BCUT2D eigenvalue weighted by atomic mass is 9.93.